The lowest BCUT2D eigenvalue weighted by Crippen LogP contribution is -2.41. The van der Waals surface area contributed by atoms with Crippen molar-refractivity contribution in [1.29, 1.82) is 0 Å². The van der Waals surface area contributed by atoms with Gasteiger partial charge in [0.15, 0.2) is 0 Å². The van der Waals surface area contributed by atoms with Gasteiger partial charge >= 0.3 is 6.03 Å². The Labute approximate surface area is 82.8 Å². The fourth-order valence-corrected chi connectivity index (χ4v) is 0.789. The molecule has 2 N–H and O–H groups in total. The molecule has 3 amide bonds. The Hall–Kier alpha value is -1.78. The van der Waals surface area contributed by atoms with E-state index in [0.29, 0.717) is 0 Å². The van der Waals surface area contributed by atoms with E-state index in [0.717, 1.165) is 4.90 Å². The number of nitrogens with two attached hydrogens (primary N) is 1. The molecule has 5 nitrogen and oxygen atoms in total. The molecule has 0 saturated carbocycles. The molecular formula is C9H14N2O3. The van der Waals surface area contributed by atoms with Gasteiger partial charge in [-0.1, -0.05) is 12.7 Å². The van der Waals surface area contributed by atoms with E-state index >= 15 is 0 Å². The van der Waals surface area contributed by atoms with E-state index in [-0.39, 0.29) is 13.2 Å². The zero-order valence-corrected chi connectivity index (χ0v) is 8.10. The molecule has 0 radical (unpaired) electrons. The highest BCUT2D eigenvalue weighted by Gasteiger charge is 2.15. The minimum Gasteiger partial charge on any atom is -0.500 e. The monoisotopic (exact) mass is 198 g/mol. The summed E-state index contributed by atoms with van der Waals surface area (Å²) in [6, 6.07) is -0.791. The number of allylic oxidation sites excluding steroid dienone is 1. The molecule has 0 aliphatic carbocycles. The Morgan fingerprint density at radius 3 is 2.64 bits per heavy atom. The number of hydrogen-bond acceptors (Lipinski definition) is 3. The van der Waals surface area contributed by atoms with Crippen LogP contribution in [0.5, 0.6) is 0 Å². The molecule has 0 fully saturated rings. The summed E-state index contributed by atoms with van der Waals surface area (Å²) < 4.78 is 4.78. The molecule has 0 aromatic heterocycles. The van der Waals surface area contributed by atoms with Crippen molar-refractivity contribution in [2.75, 3.05) is 13.2 Å². The highest BCUT2D eigenvalue weighted by molar-refractivity contribution is 5.99. The molecule has 0 atom stereocenters. The predicted octanol–water partition coefficient (Wildman–Crippen LogP) is 0.630. The Bertz CT molecular complexity index is 248. The lowest BCUT2D eigenvalue weighted by Gasteiger charge is -2.15. The molecule has 5 heteroatoms. The van der Waals surface area contributed by atoms with E-state index < -0.39 is 11.9 Å². The zero-order chi connectivity index (χ0) is 11.0. The standard InChI is InChI=1S/C9H14N2O3/c1-3-5-8(12)11(9(10)13)6-7-14-4-2/h3-5H,2,6-7H2,1H3,(H2,10,13)/b5-3+. The molecule has 0 aliphatic heterocycles. The van der Waals surface area contributed by atoms with Crippen molar-refractivity contribution in [2.24, 2.45) is 5.73 Å². The fourth-order valence-electron chi connectivity index (χ4n) is 0.789. The van der Waals surface area contributed by atoms with Gasteiger partial charge in [-0.3, -0.25) is 9.69 Å². The minimum atomic E-state index is -0.791. The predicted molar refractivity (Wildman–Crippen MR) is 52.3 cm³/mol. The first-order valence-corrected chi connectivity index (χ1v) is 4.09. The van der Waals surface area contributed by atoms with Crippen LogP contribution in [-0.2, 0) is 9.53 Å². The fraction of sp³-hybridized carbons (Fsp3) is 0.333. The Kier molecular flexibility index (Phi) is 5.85. The number of carbonyl (C=O) groups excluding carboxylic acids is 2. The average Bonchev–Trinajstić information content (AvgIpc) is 2.12. The second-order valence-electron chi connectivity index (χ2n) is 2.37. The van der Waals surface area contributed by atoms with Crippen LogP contribution >= 0.6 is 0 Å². The first kappa shape index (κ1) is 12.2. The molecule has 14 heavy (non-hydrogen) atoms. The van der Waals surface area contributed by atoms with Crippen molar-refractivity contribution in [2.45, 2.75) is 6.92 Å². The first-order chi connectivity index (χ1) is 6.63. The van der Waals surface area contributed by atoms with Gasteiger partial charge in [0, 0.05) is 0 Å². The Balaban J connectivity index is 4.21. The molecule has 0 aromatic carbocycles. The second kappa shape index (κ2) is 6.71. The summed E-state index contributed by atoms with van der Waals surface area (Å²) >= 11 is 0. The number of urea groups is 1. The SMILES string of the molecule is C=COCCN(C(N)=O)C(=O)/C=C/C. The van der Waals surface area contributed by atoms with Gasteiger partial charge in [-0.15, -0.1) is 0 Å². The summed E-state index contributed by atoms with van der Waals surface area (Å²) in [5, 5.41) is 0. The van der Waals surface area contributed by atoms with Crippen LogP contribution in [0.2, 0.25) is 0 Å². The molecule has 0 heterocycles. The van der Waals surface area contributed by atoms with Crippen molar-refractivity contribution in [1.82, 2.24) is 4.90 Å². The van der Waals surface area contributed by atoms with E-state index in [9.17, 15) is 9.59 Å². The summed E-state index contributed by atoms with van der Waals surface area (Å²) in [7, 11) is 0. The van der Waals surface area contributed by atoms with Gasteiger partial charge in [-0.25, -0.2) is 4.79 Å². The molecular weight excluding hydrogens is 184 g/mol. The number of hydrogen-bond donors (Lipinski definition) is 1. The van der Waals surface area contributed by atoms with Crippen molar-refractivity contribution in [3.8, 4) is 0 Å². The third kappa shape index (κ3) is 4.30. The summed E-state index contributed by atoms with van der Waals surface area (Å²) in [6.07, 6.45) is 4.03. The van der Waals surface area contributed by atoms with Crippen LogP contribution in [0.4, 0.5) is 4.79 Å². The Morgan fingerprint density at radius 2 is 2.21 bits per heavy atom. The molecule has 0 rings (SSSR count). The van der Waals surface area contributed by atoms with Crippen LogP contribution in [-0.4, -0.2) is 30.0 Å². The quantitative estimate of drug-likeness (QED) is 0.400. The normalized spacial score (nSPS) is 9.79. The minimum absolute atomic E-state index is 0.116. The number of carbonyl (C=O) groups is 2. The third-order valence-corrected chi connectivity index (χ3v) is 1.39. The summed E-state index contributed by atoms with van der Waals surface area (Å²) in [6.45, 7) is 5.31. The van der Waals surface area contributed by atoms with Crippen LogP contribution in [0.1, 0.15) is 6.92 Å². The van der Waals surface area contributed by atoms with E-state index in [1.807, 2.05) is 0 Å². The summed E-state index contributed by atoms with van der Waals surface area (Å²) in [5.74, 6) is -0.451. The van der Waals surface area contributed by atoms with Gasteiger partial charge in [0.05, 0.1) is 12.8 Å². The maximum absolute atomic E-state index is 11.2. The van der Waals surface area contributed by atoms with Crippen molar-refractivity contribution >= 4 is 11.9 Å². The smallest absolute Gasteiger partial charge is 0.321 e. The van der Waals surface area contributed by atoms with E-state index in [1.54, 1.807) is 6.92 Å². The van der Waals surface area contributed by atoms with Gasteiger partial charge in [-0.05, 0) is 13.0 Å². The molecule has 78 valence electrons. The molecule has 0 spiro atoms. The lowest BCUT2D eigenvalue weighted by atomic mass is 10.4. The second-order valence-corrected chi connectivity index (χ2v) is 2.37. The number of nitrogens with zero attached hydrogens (tertiary/aromatic N) is 1. The molecule has 0 aliphatic rings. The first-order valence-electron chi connectivity index (χ1n) is 4.09. The van der Waals surface area contributed by atoms with Gasteiger partial charge in [0.2, 0.25) is 0 Å². The van der Waals surface area contributed by atoms with E-state index in [2.05, 4.69) is 6.58 Å². The third-order valence-electron chi connectivity index (χ3n) is 1.39. The molecule has 0 saturated heterocycles. The number of imide groups is 1. The highest BCUT2D eigenvalue weighted by atomic mass is 16.5. The lowest BCUT2D eigenvalue weighted by molar-refractivity contribution is -0.123. The van der Waals surface area contributed by atoms with E-state index in [4.69, 9.17) is 10.5 Å². The highest BCUT2D eigenvalue weighted by Crippen LogP contribution is 1.92. The van der Waals surface area contributed by atoms with Gasteiger partial charge < -0.3 is 10.5 Å². The van der Waals surface area contributed by atoms with Crippen LogP contribution < -0.4 is 5.73 Å². The zero-order valence-electron chi connectivity index (χ0n) is 8.10. The molecule has 0 unspecified atom stereocenters. The summed E-state index contributed by atoms with van der Waals surface area (Å²) in [4.78, 5) is 23.0. The number of rotatable bonds is 5. The number of ether oxygens (including phenoxy) is 1. The van der Waals surface area contributed by atoms with Crippen LogP contribution in [0.25, 0.3) is 0 Å². The van der Waals surface area contributed by atoms with Crippen LogP contribution in [0.3, 0.4) is 0 Å². The van der Waals surface area contributed by atoms with Crippen molar-refractivity contribution < 1.29 is 14.3 Å². The van der Waals surface area contributed by atoms with Gasteiger partial charge in [0.25, 0.3) is 5.91 Å². The Morgan fingerprint density at radius 1 is 1.57 bits per heavy atom. The summed E-state index contributed by atoms with van der Waals surface area (Å²) in [5.41, 5.74) is 5.00. The van der Waals surface area contributed by atoms with Gasteiger partial charge in [-0.2, -0.15) is 0 Å². The maximum atomic E-state index is 11.2. The largest absolute Gasteiger partial charge is 0.500 e. The number of primary amides is 1. The number of amides is 3. The molecule has 0 bridgehead atoms. The maximum Gasteiger partial charge on any atom is 0.321 e. The topological polar surface area (TPSA) is 72.6 Å². The van der Waals surface area contributed by atoms with E-state index in [1.165, 1.54) is 18.4 Å². The average molecular weight is 198 g/mol. The van der Waals surface area contributed by atoms with Crippen molar-refractivity contribution in [3.05, 3.63) is 25.0 Å². The van der Waals surface area contributed by atoms with Crippen LogP contribution in [0, 0.1) is 0 Å². The molecule has 0 aromatic rings. The van der Waals surface area contributed by atoms with Gasteiger partial charge in [0.1, 0.15) is 6.61 Å². The van der Waals surface area contributed by atoms with Crippen molar-refractivity contribution in [3.63, 3.8) is 0 Å². The van der Waals surface area contributed by atoms with Crippen LogP contribution in [0.15, 0.2) is 25.0 Å².